The van der Waals surface area contributed by atoms with E-state index in [0.717, 1.165) is 17.7 Å². The van der Waals surface area contributed by atoms with E-state index in [4.69, 9.17) is 10.00 Å². The Bertz CT molecular complexity index is 749. The largest absolute Gasteiger partial charge is 0.481 e. The van der Waals surface area contributed by atoms with E-state index in [-0.39, 0.29) is 12.4 Å². The summed E-state index contributed by atoms with van der Waals surface area (Å²) < 4.78 is 43.6. The predicted molar refractivity (Wildman–Crippen MR) is 75.0 cm³/mol. The Morgan fingerprint density at radius 1 is 1.05 bits per heavy atom. The van der Waals surface area contributed by atoms with Gasteiger partial charge < -0.3 is 4.74 Å². The molecule has 0 spiro atoms. The van der Waals surface area contributed by atoms with Crippen molar-refractivity contribution in [2.24, 2.45) is 0 Å². The van der Waals surface area contributed by atoms with Crippen molar-refractivity contribution in [1.82, 2.24) is 0 Å². The lowest BCUT2D eigenvalue weighted by Gasteiger charge is -2.10. The van der Waals surface area contributed by atoms with Crippen LogP contribution >= 0.6 is 0 Å². The Morgan fingerprint density at radius 3 is 2.41 bits per heavy atom. The lowest BCUT2D eigenvalue weighted by Crippen LogP contribution is -2.08. The molecule has 0 saturated heterocycles. The Balaban J connectivity index is 2.09. The van der Waals surface area contributed by atoms with Crippen molar-refractivity contribution in [1.29, 1.82) is 5.26 Å². The fourth-order valence-electron chi connectivity index (χ4n) is 1.72. The van der Waals surface area contributed by atoms with Gasteiger partial charge in [0.2, 0.25) is 0 Å². The summed E-state index contributed by atoms with van der Waals surface area (Å²) in [4.78, 5) is 0. The predicted octanol–water partition coefficient (Wildman–Crippen LogP) is 4.01. The molecule has 22 heavy (non-hydrogen) atoms. The number of halogens is 3. The number of alkyl halides is 3. The highest BCUT2D eigenvalue weighted by Gasteiger charge is 2.34. The molecule has 110 valence electrons. The average molecular weight is 301 g/mol. The van der Waals surface area contributed by atoms with Gasteiger partial charge in [-0.25, -0.2) is 0 Å². The SMILES string of the molecule is N#Cc1ccc(OCC#Cc2ccccc2)cc1C(F)(F)F. The standard InChI is InChI=1S/C17H10F3NO/c18-17(19,20)16-11-15(9-8-14(16)12-21)22-10-4-7-13-5-2-1-3-6-13/h1-3,5-6,8-9,11H,10H2. The smallest absolute Gasteiger partial charge is 0.417 e. The van der Waals surface area contributed by atoms with E-state index in [1.165, 1.54) is 12.1 Å². The summed E-state index contributed by atoms with van der Waals surface area (Å²) in [6.45, 7) is -0.0436. The molecule has 0 amide bonds. The molecular formula is C17H10F3NO. The third kappa shape index (κ3) is 4.04. The van der Waals surface area contributed by atoms with E-state index in [9.17, 15) is 13.2 Å². The first-order valence-electron chi connectivity index (χ1n) is 6.29. The number of benzene rings is 2. The van der Waals surface area contributed by atoms with Crippen molar-refractivity contribution >= 4 is 0 Å². The third-order valence-electron chi connectivity index (χ3n) is 2.73. The summed E-state index contributed by atoms with van der Waals surface area (Å²) in [6.07, 6.45) is -4.60. The minimum atomic E-state index is -4.60. The van der Waals surface area contributed by atoms with Crippen LogP contribution < -0.4 is 4.74 Å². The van der Waals surface area contributed by atoms with Crippen LogP contribution in [0, 0.1) is 23.2 Å². The summed E-state index contributed by atoms with van der Waals surface area (Å²) in [5.41, 5.74) is -0.652. The van der Waals surface area contributed by atoms with E-state index in [0.29, 0.717) is 0 Å². The Morgan fingerprint density at radius 2 is 1.77 bits per heavy atom. The second kappa shape index (κ2) is 6.69. The Kier molecular flexibility index (Phi) is 4.70. The monoisotopic (exact) mass is 301 g/mol. The quantitative estimate of drug-likeness (QED) is 0.785. The topological polar surface area (TPSA) is 33.0 Å². The molecule has 0 fully saturated rings. The van der Waals surface area contributed by atoms with Gasteiger partial charge in [-0.1, -0.05) is 30.0 Å². The van der Waals surface area contributed by atoms with Crippen molar-refractivity contribution in [2.75, 3.05) is 6.61 Å². The van der Waals surface area contributed by atoms with Gasteiger partial charge in [0, 0.05) is 5.56 Å². The number of rotatable bonds is 2. The zero-order chi connectivity index (χ0) is 16.0. The molecule has 0 heterocycles. The van der Waals surface area contributed by atoms with Gasteiger partial charge in [-0.3, -0.25) is 0 Å². The summed E-state index contributed by atoms with van der Waals surface area (Å²) in [5.74, 6) is 5.57. The van der Waals surface area contributed by atoms with E-state index in [1.807, 2.05) is 30.3 Å². The zero-order valence-corrected chi connectivity index (χ0v) is 11.3. The van der Waals surface area contributed by atoms with Gasteiger partial charge >= 0.3 is 6.18 Å². The maximum Gasteiger partial charge on any atom is 0.417 e. The summed E-state index contributed by atoms with van der Waals surface area (Å²) in [5, 5.41) is 8.70. The van der Waals surface area contributed by atoms with Crippen LogP contribution in [0.15, 0.2) is 48.5 Å². The fourth-order valence-corrected chi connectivity index (χ4v) is 1.72. The van der Waals surface area contributed by atoms with Gasteiger partial charge in [0.25, 0.3) is 0 Å². The molecule has 0 aromatic heterocycles. The molecule has 0 aliphatic rings. The number of hydrogen-bond acceptors (Lipinski definition) is 2. The van der Waals surface area contributed by atoms with Gasteiger partial charge in [-0.05, 0) is 30.3 Å². The first-order chi connectivity index (χ1) is 10.5. The van der Waals surface area contributed by atoms with Gasteiger partial charge in [0.1, 0.15) is 12.4 Å². The van der Waals surface area contributed by atoms with Gasteiger partial charge in [0.15, 0.2) is 0 Å². The molecule has 0 aliphatic heterocycles. The number of nitrogens with zero attached hydrogens (tertiary/aromatic N) is 1. The van der Waals surface area contributed by atoms with Crippen LogP contribution in [0.1, 0.15) is 16.7 Å². The van der Waals surface area contributed by atoms with Crippen LogP contribution in [-0.4, -0.2) is 6.61 Å². The van der Waals surface area contributed by atoms with E-state index < -0.39 is 17.3 Å². The Labute approximate surface area is 125 Å². The second-order valence-electron chi connectivity index (χ2n) is 4.27. The lowest BCUT2D eigenvalue weighted by atomic mass is 10.1. The number of ether oxygens (including phenoxy) is 1. The molecule has 2 aromatic rings. The van der Waals surface area contributed by atoms with E-state index in [2.05, 4.69) is 11.8 Å². The molecule has 0 bridgehead atoms. The van der Waals surface area contributed by atoms with E-state index >= 15 is 0 Å². The third-order valence-corrected chi connectivity index (χ3v) is 2.73. The molecule has 2 aromatic carbocycles. The van der Waals surface area contributed by atoms with Crippen molar-refractivity contribution in [3.63, 3.8) is 0 Å². The number of hydrogen-bond donors (Lipinski definition) is 0. The van der Waals surface area contributed by atoms with Crippen LogP contribution in [0.5, 0.6) is 5.75 Å². The van der Waals surface area contributed by atoms with Crippen molar-refractivity contribution < 1.29 is 17.9 Å². The highest BCUT2D eigenvalue weighted by atomic mass is 19.4. The van der Waals surface area contributed by atoms with Gasteiger partial charge in [0.05, 0.1) is 17.2 Å². The number of nitriles is 1. The van der Waals surface area contributed by atoms with Crippen LogP contribution in [0.25, 0.3) is 0 Å². The van der Waals surface area contributed by atoms with Crippen molar-refractivity contribution in [2.45, 2.75) is 6.18 Å². The first kappa shape index (κ1) is 15.5. The van der Waals surface area contributed by atoms with Crippen LogP contribution in [-0.2, 0) is 6.18 Å². The maximum atomic E-state index is 12.8. The Hall–Kier alpha value is -2.92. The zero-order valence-electron chi connectivity index (χ0n) is 11.3. The molecule has 0 saturated carbocycles. The molecule has 2 rings (SSSR count). The van der Waals surface area contributed by atoms with Crippen molar-refractivity contribution in [3.8, 4) is 23.7 Å². The second-order valence-corrected chi connectivity index (χ2v) is 4.27. The molecule has 0 unspecified atom stereocenters. The molecule has 2 nitrogen and oxygen atoms in total. The molecule has 0 radical (unpaired) electrons. The summed E-state index contributed by atoms with van der Waals surface area (Å²) >= 11 is 0. The minimum Gasteiger partial charge on any atom is -0.481 e. The first-order valence-corrected chi connectivity index (χ1v) is 6.29. The lowest BCUT2D eigenvalue weighted by molar-refractivity contribution is -0.137. The molecule has 0 aliphatic carbocycles. The van der Waals surface area contributed by atoms with Gasteiger partial charge in [-0.2, -0.15) is 18.4 Å². The highest BCUT2D eigenvalue weighted by molar-refractivity contribution is 5.44. The molecule has 5 heteroatoms. The van der Waals surface area contributed by atoms with Crippen LogP contribution in [0.3, 0.4) is 0 Å². The van der Waals surface area contributed by atoms with Crippen LogP contribution in [0.4, 0.5) is 13.2 Å². The molecular weight excluding hydrogens is 291 g/mol. The van der Waals surface area contributed by atoms with Gasteiger partial charge in [-0.15, -0.1) is 0 Å². The highest BCUT2D eigenvalue weighted by Crippen LogP contribution is 2.34. The van der Waals surface area contributed by atoms with Crippen LogP contribution in [0.2, 0.25) is 0 Å². The minimum absolute atomic E-state index is 0.0219. The maximum absolute atomic E-state index is 12.8. The fraction of sp³-hybridized carbons (Fsp3) is 0.118. The summed E-state index contributed by atoms with van der Waals surface area (Å²) in [6, 6.07) is 13.9. The molecule has 0 N–H and O–H groups in total. The normalized spacial score (nSPS) is 10.3. The average Bonchev–Trinajstić information content (AvgIpc) is 2.51. The molecule has 0 atom stereocenters. The van der Waals surface area contributed by atoms with Crippen molar-refractivity contribution in [3.05, 3.63) is 65.2 Å². The van der Waals surface area contributed by atoms with E-state index in [1.54, 1.807) is 0 Å². The summed E-state index contributed by atoms with van der Waals surface area (Å²) in [7, 11) is 0.